The Balaban J connectivity index is 1.37. The molecule has 0 bridgehead atoms. The number of likely N-dealkylation sites (tertiary alicyclic amines) is 1. The fourth-order valence-corrected chi connectivity index (χ4v) is 5.55. The highest BCUT2D eigenvalue weighted by atomic mass is 35.5. The van der Waals surface area contributed by atoms with E-state index >= 15 is 0 Å². The molecule has 0 aromatic heterocycles. The van der Waals surface area contributed by atoms with Crippen molar-refractivity contribution in [3.8, 4) is 0 Å². The van der Waals surface area contributed by atoms with E-state index in [1.54, 1.807) is 0 Å². The van der Waals surface area contributed by atoms with Crippen LogP contribution in [0.15, 0.2) is 29.6 Å². The maximum Gasteiger partial charge on any atom is 0.417 e. The maximum atomic E-state index is 13.3. The van der Waals surface area contributed by atoms with Gasteiger partial charge < -0.3 is 10.2 Å². The highest BCUT2D eigenvalue weighted by Gasteiger charge is 2.62. The van der Waals surface area contributed by atoms with Gasteiger partial charge in [0.1, 0.15) is 5.82 Å². The van der Waals surface area contributed by atoms with E-state index in [0.29, 0.717) is 19.6 Å². The third-order valence-corrected chi connectivity index (χ3v) is 7.41. The Labute approximate surface area is 178 Å². The number of nitrogens with zero attached hydrogens (tertiary/aromatic N) is 2. The molecule has 9 heteroatoms. The Morgan fingerprint density at radius 1 is 1.30 bits per heavy atom. The minimum absolute atomic E-state index is 0.00483. The van der Waals surface area contributed by atoms with Crippen molar-refractivity contribution >= 4 is 17.5 Å². The topological polar surface area (TPSA) is 47.6 Å². The zero-order chi connectivity index (χ0) is 21.5. The molecule has 2 saturated heterocycles. The van der Waals surface area contributed by atoms with Gasteiger partial charge in [-0.15, -0.1) is 0 Å². The van der Waals surface area contributed by atoms with Crippen LogP contribution in [0.5, 0.6) is 0 Å². The monoisotopic (exact) mass is 440 g/mol. The van der Waals surface area contributed by atoms with Crippen LogP contribution >= 0.6 is 11.6 Å². The molecule has 0 spiro atoms. The quantitative estimate of drug-likeness (QED) is 0.741. The number of rotatable bonds is 2. The van der Waals surface area contributed by atoms with Gasteiger partial charge in [0.2, 0.25) is 0 Å². The number of piperidine rings is 1. The number of carbonyl (C=O) groups is 1. The van der Waals surface area contributed by atoms with Gasteiger partial charge in [0.05, 0.1) is 21.7 Å². The summed E-state index contributed by atoms with van der Waals surface area (Å²) >= 11 is 5.95. The van der Waals surface area contributed by atoms with Gasteiger partial charge in [0.15, 0.2) is 0 Å². The summed E-state index contributed by atoms with van der Waals surface area (Å²) in [5, 5.41) is 5.12. The molecule has 1 aliphatic carbocycles. The first-order valence-electron chi connectivity index (χ1n) is 10.2. The predicted octanol–water partition coefficient (Wildman–Crippen LogP) is 3.26. The number of hydrogen-bond donors (Lipinski definition) is 2. The van der Waals surface area contributed by atoms with Crippen molar-refractivity contribution in [1.29, 1.82) is 0 Å². The summed E-state index contributed by atoms with van der Waals surface area (Å²) in [5.41, 5.74) is 3.67. The molecule has 1 aromatic carbocycles. The van der Waals surface area contributed by atoms with Crippen LogP contribution in [0, 0.1) is 5.92 Å². The molecule has 5 nitrogen and oxygen atoms in total. The standard InChI is InChI=1S/C21H24ClF3N4O/c1-19(2)5-6-26-17-14(9-27-29(17)19)18(30)28-10-13-8-20(13,11-28)12-3-4-15(16(22)7-12)21(23,24)25/h3-4,7,13,26-27H,5-6,8-11H2,1-2H3. The number of hydrazine groups is 1. The Hall–Kier alpha value is -1.93. The SMILES string of the molecule is CC1(C)CCNC2=C(C(=O)N3CC4CC4(c4ccc(C(F)(F)F)c(Cl)c4)C3)CNN21. The van der Waals surface area contributed by atoms with Crippen LogP contribution in [0.3, 0.4) is 0 Å². The Morgan fingerprint density at radius 2 is 2.07 bits per heavy atom. The van der Waals surface area contributed by atoms with E-state index in [4.69, 9.17) is 11.6 Å². The second-order valence-electron chi connectivity index (χ2n) is 9.42. The normalized spacial score (nSPS) is 29.6. The molecule has 2 N–H and O–H groups in total. The van der Waals surface area contributed by atoms with Crippen LogP contribution in [-0.4, -0.2) is 47.5 Å². The average molecular weight is 441 g/mol. The summed E-state index contributed by atoms with van der Waals surface area (Å²) in [6.07, 6.45) is -2.63. The molecule has 162 valence electrons. The predicted molar refractivity (Wildman–Crippen MR) is 106 cm³/mol. The average Bonchev–Trinajstić information content (AvgIpc) is 3.00. The minimum atomic E-state index is -4.47. The summed E-state index contributed by atoms with van der Waals surface area (Å²) in [7, 11) is 0. The van der Waals surface area contributed by atoms with Crippen molar-refractivity contribution in [2.45, 2.75) is 43.8 Å². The Morgan fingerprint density at radius 3 is 2.77 bits per heavy atom. The summed E-state index contributed by atoms with van der Waals surface area (Å²) in [6.45, 7) is 6.71. The number of fused-ring (bicyclic) bond motifs is 2. The number of alkyl halides is 3. The van der Waals surface area contributed by atoms with Gasteiger partial charge in [-0.25, -0.2) is 5.43 Å². The summed E-state index contributed by atoms with van der Waals surface area (Å²) in [5.74, 6) is 1.11. The van der Waals surface area contributed by atoms with Crippen LogP contribution in [-0.2, 0) is 16.4 Å². The summed E-state index contributed by atoms with van der Waals surface area (Å²) < 4.78 is 39.1. The van der Waals surface area contributed by atoms with Crippen molar-refractivity contribution in [2.24, 2.45) is 5.92 Å². The van der Waals surface area contributed by atoms with Crippen molar-refractivity contribution in [3.05, 3.63) is 45.7 Å². The molecule has 1 saturated carbocycles. The fraction of sp³-hybridized carbons (Fsp3) is 0.571. The van der Waals surface area contributed by atoms with Crippen molar-refractivity contribution < 1.29 is 18.0 Å². The van der Waals surface area contributed by atoms with Crippen molar-refractivity contribution in [3.63, 3.8) is 0 Å². The van der Waals surface area contributed by atoms with Gasteiger partial charge in [0, 0.05) is 31.6 Å². The summed E-state index contributed by atoms with van der Waals surface area (Å²) in [4.78, 5) is 15.1. The van der Waals surface area contributed by atoms with Gasteiger partial charge in [-0.2, -0.15) is 13.2 Å². The smallest absolute Gasteiger partial charge is 0.370 e. The van der Waals surface area contributed by atoms with Crippen LogP contribution in [0.4, 0.5) is 13.2 Å². The number of carbonyl (C=O) groups excluding carboxylic acids is 1. The molecule has 3 aliphatic heterocycles. The molecule has 1 aromatic rings. The highest BCUT2D eigenvalue weighted by Crippen LogP contribution is 2.59. The Bertz CT molecular complexity index is 960. The van der Waals surface area contributed by atoms with Gasteiger partial charge >= 0.3 is 6.18 Å². The molecule has 1 amide bonds. The molecular formula is C21H24ClF3N4O. The van der Waals surface area contributed by atoms with Crippen LogP contribution in [0.1, 0.15) is 37.8 Å². The summed E-state index contributed by atoms with van der Waals surface area (Å²) in [6, 6.07) is 4.02. The van der Waals surface area contributed by atoms with E-state index in [0.717, 1.165) is 42.4 Å². The number of benzene rings is 1. The van der Waals surface area contributed by atoms with Crippen LogP contribution < -0.4 is 10.7 Å². The van der Waals surface area contributed by atoms with E-state index < -0.39 is 11.7 Å². The fourth-order valence-electron chi connectivity index (χ4n) is 5.26. The largest absolute Gasteiger partial charge is 0.417 e. The lowest BCUT2D eigenvalue weighted by Crippen LogP contribution is -2.55. The lowest BCUT2D eigenvalue weighted by molar-refractivity contribution is -0.137. The first-order valence-corrected chi connectivity index (χ1v) is 10.6. The minimum Gasteiger partial charge on any atom is -0.370 e. The van der Waals surface area contributed by atoms with E-state index in [1.807, 2.05) is 9.91 Å². The van der Waals surface area contributed by atoms with Gasteiger partial charge in [0.25, 0.3) is 5.91 Å². The third-order valence-electron chi connectivity index (χ3n) is 7.10. The number of halogens is 4. The first kappa shape index (κ1) is 20.0. The van der Waals surface area contributed by atoms with Gasteiger partial charge in [-0.3, -0.25) is 9.80 Å². The zero-order valence-electron chi connectivity index (χ0n) is 16.9. The van der Waals surface area contributed by atoms with Gasteiger partial charge in [-0.05, 0) is 50.3 Å². The highest BCUT2D eigenvalue weighted by molar-refractivity contribution is 6.31. The first-order chi connectivity index (χ1) is 14.0. The third kappa shape index (κ3) is 2.91. The lowest BCUT2D eigenvalue weighted by atomic mass is 9.94. The number of hydrogen-bond acceptors (Lipinski definition) is 4. The van der Waals surface area contributed by atoms with E-state index in [2.05, 4.69) is 24.6 Å². The lowest BCUT2D eigenvalue weighted by Gasteiger charge is -2.43. The number of nitrogens with one attached hydrogen (secondary N) is 2. The van der Waals surface area contributed by atoms with E-state index in [9.17, 15) is 18.0 Å². The molecule has 3 fully saturated rings. The molecular weight excluding hydrogens is 417 g/mol. The van der Waals surface area contributed by atoms with E-state index in [1.165, 1.54) is 12.1 Å². The van der Waals surface area contributed by atoms with Crippen LogP contribution in [0.2, 0.25) is 5.02 Å². The molecule has 4 aliphatic rings. The molecule has 5 rings (SSSR count). The van der Waals surface area contributed by atoms with E-state index in [-0.39, 0.29) is 27.8 Å². The molecule has 2 atom stereocenters. The zero-order valence-corrected chi connectivity index (χ0v) is 17.6. The Kier molecular flexibility index (Phi) is 4.20. The van der Waals surface area contributed by atoms with Gasteiger partial charge in [-0.1, -0.05) is 17.7 Å². The molecule has 30 heavy (non-hydrogen) atoms. The second kappa shape index (κ2) is 6.29. The van der Waals surface area contributed by atoms with Crippen LogP contribution in [0.25, 0.3) is 0 Å². The second-order valence-corrected chi connectivity index (χ2v) is 9.83. The molecule has 0 radical (unpaired) electrons. The number of amides is 1. The molecule has 3 heterocycles. The molecule has 2 unspecified atom stereocenters. The van der Waals surface area contributed by atoms with Crippen molar-refractivity contribution in [2.75, 3.05) is 26.2 Å². The van der Waals surface area contributed by atoms with Crippen molar-refractivity contribution in [1.82, 2.24) is 20.7 Å². The maximum absolute atomic E-state index is 13.3.